The molecule has 6 nitrogen and oxygen atoms in total. The van der Waals surface area contributed by atoms with Gasteiger partial charge in [-0.1, -0.05) is 6.07 Å². The van der Waals surface area contributed by atoms with Gasteiger partial charge in [-0.3, -0.25) is 9.78 Å². The minimum Gasteiger partial charge on any atom is -0.497 e. The number of nitrogens with one attached hydrogen (secondary N) is 1. The molecule has 0 bridgehead atoms. The fraction of sp³-hybridized carbons (Fsp3) is 0.188. The number of amides is 1. The van der Waals surface area contributed by atoms with E-state index in [4.69, 9.17) is 4.74 Å². The third-order valence-corrected chi connectivity index (χ3v) is 3.38. The van der Waals surface area contributed by atoms with E-state index in [2.05, 4.69) is 15.3 Å². The molecule has 3 aromatic rings. The first-order valence-electron chi connectivity index (χ1n) is 6.89. The van der Waals surface area contributed by atoms with Crippen LogP contribution < -0.4 is 10.1 Å². The topological polar surface area (TPSA) is 68.5 Å². The van der Waals surface area contributed by atoms with Gasteiger partial charge in [0, 0.05) is 24.2 Å². The monoisotopic (exact) mass is 296 g/mol. The molecule has 0 aliphatic carbocycles. The Morgan fingerprint density at radius 1 is 1.36 bits per heavy atom. The van der Waals surface area contributed by atoms with Gasteiger partial charge in [-0.25, -0.2) is 4.98 Å². The molecule has 0 saturated heterocycles. The van der Waals surface area contributed by atoms with E-state index in [1.54, 1.807) is 25.4 Å². The number of imidazole rings is 1. The predicted octanol–water partition coefficient (Wildman–Crippen LogP) is 1.98. The van der Waals surface area contributed by atoms with Crippen LogP contribution in [0.3, 0.4) is 0 Å². The van der Waals surface area contributed by atoms with Gasteiger partial charge in [0.1, 0.15) is 17.1 Å². The van der Waals surface area contributed by atoms with Crippen molar-refractivity contribution in [3.05, 3.63) is 59.8 Å². The molecule has 0 atom stereocenters. The van der Waals surface area contributed by atoms with Gasteiger partial charge < -0.3 is 14.5 Å². The molecule has 0 aromatic carbocycles. The first-order chi connectivity index (χ1) is 10.7. The fourth-order valence-electron chi connectivity index (χ4n) is 2.21. The van der Waals surface area contributed by atoms with Crippen LogP contribution in [-0.2, 0) is 6.54 Å². The molecule has 0 fully saturated rings. The number of aryl methyl sites for hydroxylation is 1. The minimum absolute atomic E-state index is 0.257. The van der Waals surface area contributed by atoms with Gasteiger partial charge in [0.25, 0.3) is 5.91 Å². The SMILES string of the molecule is COc1ccnc(C(=O)NCc2cn3c(C)cccc3n2)c1. The van der Waals surface area contributed by atoms with E-state index in [0.29, 0.717) is 18.0 Å². The van der Waals surface area contributed by atoms with Crippen molar-refractivity contribution in [3.63, 3.8) is 0 Å². The van der Waals surface area contributed by atoms with E-state index in [0.717, 1.165) is 17.0 Å². The molecule has 0 aliphatic rings. The summed E-state index contributed by atoms with van der Waals surface area (Å²) in [7, 11) is 1.55. The molecule has 3 heterocycles. The maximum atomic E-state index is 12.1. The van der Waals surface area contributed by atoms with E-state index in [1.165, 1.54) is 0 Å². The van der Waals surface area contributed by atoms with E-state index in [1.807, 2.05) is 35.7 Å². The fourth-order valence-corrected chi connectivity index (χ4v) is 2.21. The lowest BCUT2D eigenvalue weighted by atomic mass is 10.3. The van der Waals surface area contributed by atoms with Crippen molar-refractivity contribution in [2.24, 2.45) is 0 Å². The Morgan fingerprint density at radius 3 is 3.00 bits per heavy atom. The third-order valence-electron chi connectivity index (χ3n) is 3.38. The van der Waals surface area contributed by atoms with Crippen LogP contribution in [0.25, 0.3) is 5.65 Å². The molecule has 22 heavy (non-hydrogen) atoms. The summed E-state index contributed by atoms with van der Waals surface area (Å²) in [6, 6.07) is 9.20. The largest absolute Gasteiger partial charge is 0.497 e. The number of methoxy groups -OCH3 is 1. The number of ether oxygens (including phenoxy) is 1. The zero-order valence-corrected chi connectivity index (χ0v) is 12.4. The molecule has 0 spiro atoms. The van der Waals surface area contributed by atoms with Crippen molar-refractivity contribution in [1.82, 2.24) is 19.7 Å². The smallest absolute Gasteiger partial charge is 0.270 e. The second-order valence-electron chi connectivity index (χ2n) is 4.89. The highest BCUT2D eigenvalue weighted by atomic mass is 16.5. The number of hydrogen-bond acceptors (Lipinski definition) is 4. The van der Waals surface area contributed by atoms with E-state index < -0.39 is 0 Å². The molecule has 6 heteroatoms. The molecule has 3 aromatic heterocycles. The van der Waals surface area contributed by atoms with E-state index >= 15 is 0 Å². The summed E-state index contributed by atoms with van der Waals surface area (Å²) in [4.78, 5) is 20.6. The Kier molecular flexibility index (Phi) is 3.74. The van der Waals surface area contributed by atoms with Crippen molar-refractivity contribution in [2.45, 2.75) is 13.5 Å². The Labute approximate surface area is 127 Å². The lowest BCUT2D eigenvalue weighted by molar-refractivity contribution is 0.0945. The standard InChI is InChI=1S/C16H16N4O2/c1-11-4-3-5-15-19-12(10-20(11)15)9-18-16(21)14-8-13(22-2)6-7-17-14/h3-8,10H,9H2,1-2H3,(H,18,21). The molecule has 1 N–H and O–H groups in total. The normalized spacial score (nSPS) is 10.6. The number of carbonyl (C=O) groups is 1. The van der Waals surface area contributed by atoms with Gasteiger partial charge in [-0.2, -0.15) is 0 Å². The van der Waals surface area contributed by atoms with Crippen LogP contribution in [0.2, 0.25) is 0 Å². The van der Waals surface area contributed by atoms with Crippen molar-refractivity contribution < 1.29 is 9.53 Å². The van der Waals surface area contributed by atoms with Crippen molar-refractivity contribution in [1.29, 1.82) is 0 Å². The highest BCUT2D eigenvalue weighted by Crippen LogP contribution is 2.11. The molecule has 112 valence electrons. The molecule has 0 aliphatic heterocycles. The van der Waals surface area contributed by atoms with Gasteiger partial charge in [0.15, 0.2) is 0 Å². The zero-order chi connectivity index (χ0) is 15.5. The Hall–Kier alpha value is -2.89. The van der Waals surface area contributed by atoms with Crippen molar-refractivity contribution >= 4 is 11.6 Å². The summed E-state index contributed by atoms with van der Waals surface area (Å²) in [5.41, 5.74) is 3.07. The van der Waals surface area contributed by atoms with Gasteiger partial charge in [-0.05, 0) is 25.1 Å². The van der Waals surface area contributed by atoms with Crippen molar-refractivity contribution in [2.75, 3.05) is 7.11 Å². The Bertz CT molecular complexity index is 826. The maximum absolute atomic E-state index is 12.1. The van der Waals surface area contributed by atoms with Crippen LogP contribution in [0.1, 0.15) is 21.9 Å². The van der Waals surface area contributed by atoms with Crippen LogP contribution in [-0.4, -0.2) is 27.4 Å². The second kappa shape index (κ2) is 5.85. The van der Waals surface area contributed by atoms with Crippen LogP contribution in [0.5, 0.6) is 5.75 Å². The molecule has 0 saturated carbocycles. The number of nitrogens with zero attached hydrogens (tertiary/aromatic N) is 3. The van der Waals surface area contributed by atoms with E-state index in [-0.39, 0.29) is 5.91 Å². The Morgan fingerprint density at radius 2 is 2.23 bits per heavy atom. The number of hydrogen-bond donors (Lipinski definition) is 1. The number of carbonyl (C=O) groups excluding carboxylic acids is 1. The van der Waals surface area contributed by atoms with E-state index in [9.17, 15) is 4.79 Å². The summed E-state index contributed by atoms with van der Waals surface area (Å²) >= 11 is 0. The average Bonchev–Trinajstić information content (AvgIpc) is 2.97. The lowest BCUT2D eigenvalue weighted by Crippen LogP contribution is -2.23. The van der Waals surface area contributed by atoms with Gasteiger partial charge >= 0.3 is 0 Å². The molecule has 1 amide bonds. The second-order valence-corrected chi connectivity index (χ2v) is 4.89. The van der Waals surface area contributed by atoms with Crippen molar-refractivity contribution in [3.8, 4) is 5.75 Å². The number of rotatable bonds is 4. The third kappa shape index (κ3) is 2.76. The van der Waals surface area contributed by atoms with Crippen LogP contribution in [0.15, 0.2) is 42.7 Å². The minimum atomic E-state index is -0.257. The highest BCUT2D eigenvalue weighted by Gasteiger charge is 2.09. The summed E-state index contributed by atoms with van der Waals surface area (Å²) in [5.74, 6) is 0.344. The summed E-state index contributed by atoms with van der Waals surface area (Å²) < 4.78 is 7.08. The molecule has 0 unspecified atom stereocenters. The van der Waals surface area contributed by atoms with Gasteiger partial charge in [-0.15, -0.1) is 0 Å². The predicted molar refractivity (Wildman–Crippen MR) is 81.9 cm³/mol. The first-order valence-corrected chi connectivity index (χ1v) is 6.89. The number of aromatic nitrogens is 3. The number of pyridine rings is 2. The van der Waals surface area contributed by atoms with Crippen LogP contribution >= 0.6 is 0 Å². The van der Waals surface area contributed by atoms with Gasteiger partial charge in [0.2, 0.25) is 0 Å². The molecular formula is C16H16N4O2. The molecule has 0 radical (unpaired) electrons. The Balaban J connectivity index is 1.73. The van der Waals surface area contributed by atoms with Crippen LogP contribution in [0.4, 0.5) is 0 Å². The summed E-state index contributed by atoms with van der Waals surface area (Å²) in [6.07, 6.45) is 3.46. The number of fused-ring (bicyclic) bond motifs is 1. The van der Waals surface area contributed by atoms with Crippen LogP contribution in [0, 0.1) is 6.92 Å². The first kappa shape index (κ1) is 14.1. The highest BCUT2D eigenvalue weighted by molar-refractivity contribution is 5.92. The summed E-state index contributed by atoms with van der Waals surface area (Å²) in [5, 5.41) is 2.81. The zero-order valence-electron chi connectivity index (χ0n) is 12.4. The molecular weight excluding hydrogens is 280 g/mol. The average molecular weight is 296 g/mol. The lowest BCUT2D eigenvalue weighted by Gasteiger charge is -2.04. The quantitative estimate of drug-likeness (QED) is 0.799. The molecule has 3 rings (SSSR count). The van der Waals surface area contributed by atoms with Gasteiger partial charge in [0.05, 0.1) is 19.3 Å². The summed E-state index contributed by atoms with van der Waals surface area (Å²) in [6.45, 7) is 2.36. The maximum Gasteiger partial charge on any atom is 0.270 e.